The van der Waals surface area contributed by atoms with Gasteiger partial charge in [-0.3, -0.25) is 14.9 Å². The molecule has 0 saturated carbocycles. The van der Waals surface area contributed by atoms with Gasteiger partial charge in [0.05, 0.1) is 11.6 Å². The van der Waals surface area contributed by atoms with Crippen molar-refractivity contribution >= 4 is 17.5 Å². The first-order valence-corrected chi connectivity index (χ1v) is 7.71. The molecule has 7 nitrogen and oxygen atoms in total. The molecule has 1 aromatic carbocycles. The normalized spacial score (nSPS) is 17.3. The minimum atomic E-state index is -4.38. The van der Waals surface area contributed by atoms with E-state index in [2.05, 4.69) is 5.32 Å². The molecule has 0 radical (unpaired) electrons. The summed E-state index contributed by atoms with van der Waals surface area (Å²) in [4.78, 5) is 23.8. The van der Waals surface area contributed by atoms with Gasteiger partial charge < -0.3 is 14.6 Å². The lowest BCUT2D eigenvalue weighted by Gasteiger charge is -2.19. The van der Waals surface area contributed by atoms with Gasteiger partial charge >= 0.3 is 12.1 Å². The van der Waals surface area contributed by atoms with Crippen LogP contribution in [-0.4, -0.2) is 30.0 Å². The van der Waals surface area contributed by atoms with E-state index in [0.29, 0.717) is 25.2 Å². The van der Waals surface area contributed by atoms with Gasteiger partial charge in [-0.05, 0) is 36.8 Å². The summed E-state index contributed by atoms with van der Waals surface area (Å²) in [5.74, 6) is -1.25. The third-order valence-electron chi connectivity index (χ3n) is 4.08. The van der Waals surface area contributed by atoms with Crippen molar-refractivity contribution < 1.29 is 27.3 Å². The number of furan rings is 1. The Morgan fingerprint density at radius 1 is 1.23 bits per heavy atom. The summed E-state index contributed by atoms with van der Waals surface area (Å²) in [7, 11) is 0. The molecule has 26 heavy (non-hydrogen) atoms. The predicted molar refractivity (Wildman–Crippen MR) is 84.9 cm³/mol. The number of carbonyl (C=O) groups excluding carboxylic acids is 1. The molecule has 1 atom stereocenters. The lowest BCUT2D eigenvalue weighted by molar-refractivity contribution is -0.402. The summed E-state index contributed by atoms with van der Waals surface area (Å²) >= 11 is 0. The quantitative estimate of drug-likeness (QED) is 0.660. The zero-order valence-electron chi connectivity index (χ0n) is 13.3. The molecule has 3 rings (SSSR count). The maximum Gasteiger partial charge on any atom is 0.433 e. The minimum Gasteiger partial charge on any atom is -0.395 e. The van der Waals surface area contributed by atoms with Gasteiger partial charge in [-0.15, -0.1) is 0 Å². The second-order valence-electron chi connectivity index (χ2n) is 5.84. The van der Waals surface area contributed by atoms with Crippen LogP contribution in [0.3, 0.4) is 0 Å². The SMILES string of the molecule is O=C(NC1CCN(c2ccc(C(F)(F)F)cc2)C1)c1ccc([N+](=O)[O-])o1. The highest BCUT2D eigenvalue weighted by Crippen LogP contribution is 2.31. The van der Waals surface area contributed by atoms with Gasteiger partial charge in [0, 0.05) is 24.8 Å². The van der Waals surface area contributed by atoms with Crippen molar-refractivity contribution in [1.29, 1.82) is 0 Å². The zero-order chi connectivity index (χ0) is 18.9. The molecule has 1 N–H and O–H groups in total. The van der Waals surface area contributed by atoms with E-state index in [9.17, 15) is 28.1 Å². The van der Waals surface area contributed by atoms with E-state index in [-0.39, 0.29) is 11.8 Å². The molecule has 2 heterocycles. The Hall–Kier alpha value is -3.04. The molecular formula is C16H14F3N3O4. The topological polar surface area (TPSA) is 88.6 Å². The third kappa shape index (κ3) is 3.79. The zero-order valence-corrected chi connectivity index (χ0v) is 13.3. The number of carbonyl (C=O) groups is 1. The van der Waals surface area contributed by atoms with E-state index in [4.69, 9.17) is 4.42 Å². The molecule has 10 heteroatoms. The molecule has 0 spiro atoms. The van der Waals surface area contributed by atoms with E-state index < -0.39 is 28.5 Å². The van der Waals surface area contributed by atoms with Gasteiger partial charge in [0.25, 0.3) is 5.91 Å². The Morgan fingerprint density at radius 2 is 1.92 bits per heavy atom. The van der Waals surface area contributed by atoms with Gasteiger partial charge in [-0.25, -0.2) is 0 Å². The molecule has 0 aliphatic carbocycles. The van der Waals surface area contributed by atoms with Crippen LogP contribution in [0.25, 0.3) is 0 Å². The Morgan fingerprint density at radius 3 is 2.50 bits per heavy atom. The second-order valence-corrected chi connectivity index (χ2v) is 5.84. The number of rotatable bonds is 4. The fourth-order valence-corrected chi connectivity index (χ4v) is 2.78. The molecule has 1 amide bonds. The Balaban J connectivity index is 1.59. The van der Waals surface area contributed by atoms with Crippen LogP contribution < -0.4 is 10.2 Å². The molecule has 1 saturated heterocycles. The molecule has 1 aliphatic rings. The van der Waals surface area contributed by atoms with Crippen molar-refractivity contribution in [3.05, 3.63) is 57.8 Å². The standard InChI is InChI=1S/C16H14F3N3O4/c17-16(18,19)10-1-3-12(4-2-10)21-8-7-11(9-21)20-15(23)13-5-6-14(26-13)22(24)25/h1-6,11H,7-9H2,(H,20,23). The van der Waals surface area contributed by atoms with Gasteiger partial charge in [-0.2, -0.15) is 13.2 Å². The highest BCUT2D eigenvalue weighted by molar-refractivity contribution is 5.92. The average Bonchev–Trinajstić information content (AvgIpc) is 3.23. The van der Waals surface area contributed by atoms with Crippen molar-refractivity contribution in [2.45, 2.75) is 18.6 Å². The number of benzene rings is 1. The van der Waals surface area contributed by atoms with E-state index >= 15 is 0 Å². The van der Waals surface area contributed by atoms with E-state index in [0.717, 1.165) is 18.2 Å². The van der Waals surface area contributed by atoms with E-state index in [1.807, 2.05) is 4.90 Å². The molecule has 1 fully saturated rings. The number of halogens is 3. The van der Waals surface area contributed by atoms with Crippen molar-refractivity contribution in [3.63, 3.8) is 0 Å². The lowest BCUT2D eigenvalue weighted by atomic mass is 10.2. The predicted octanol–water partition coefficient (Wildman–Crippen LogP) is 3.22. The third-order valence-corrected chi connectivity index (χ3v) is 4.08. The van der Waals surface area contributed by atoms with Crippen molar-refractivity contribution in [2.24, 2.45) is 0 Å². The number of alkyl halides is 3. The van der Waals surface area contributed by atoms with Crippen molar-refractivity contribution in [2.75, 3.05) is 18.0 Å². The van der Waals surface area contributed by atoms with Gasteiger partial charge in [-0.1, -0.05) is 0 Å². The largest absolute Gasteiger partial charge is 0.433 e. The number of nitrogens with zero attached hydrogens (tertiary/aromatic N) is 2. The van der Waals surface area contributed by atoms with Gasteiger partial charge in [0.1, 0.15) is 4.92 Å². The molecular weight excluding hydrogens is 355 g/mol. The van der Waals surface area contributed by atoms with Crippen LogP contribution in [0.4, 0.5) is 24.7 Å². The Bertz CT molecular complexity index is 817. The fraction of sp³-hybridized carbons (Fsp3) is 0.312. The monoisotopic (exact) mass is 369 g/mol. The number of nitro groups is 1. The average molecular weight is 369 g/mol. The summed E-state index contributed by atoms with van der Waals surface area (Å²) in [5.41, 5.74) is -0.0897. The highest BCUT2D eigenvalue weighted by Gasteiger charge is 2.31. The molecule has 1 aromatic heterocycles. The lowest BCUT2D eigenvalue weighted by Crippen LogP contribution is -2.36. The Kier molecular flexibility index (Phi) is 4.58. The molecule has 1 aliphatic heterocycles. The number of hydrogen-bond acceptors (Lipinski definition) is 5. The van der Waals surface area contributed by atoms with Crippen molar-refractivity contribution in [1.82, 2.24) is 5.32 Å². The summed E-state index contributed by atoms with van der Waals surface area (Å²) in [6.45, 7) is 0.981. The first-order chi connectivity index (χ1) is 12.2. The summed E-state index contributed by atoms with van der Waals surface area (Å²) < 4.78 is 42.7. The van der Waals surface area contributed by atoms with E-state index in [1.165, 1.54) is 18.2 Å². The van der Waals surface area contributed by atoms with E-state index in [1.54, 1.807) is 0 Å². The highest BCUT2D eigenvalue weighted by atomic mass is 19.4. The molecule has 1 unspecified atom stereocenters. The van der Waals surface area contributed by atoms with Crippen molar-refractivity contribution in [3.8, 4) is 0 Å². The maximum atomic E-state index is 12.6. The van der Waals surface area contributed by atoms with Crippen LogP contribution in [-0.2, 0) is 6.18 Å². The van der Waals surface area contributed by atoms with Crippen LogP contribution in [0.2, 0.25) is 0 Å². The second kappa shape index (κ2) is 6.70. The minimum absolute atomic E-state index is 0.162. The van der Waals surface area contributed by atoms with Crippen LogP contribution >= 0.6 is 0 Å². The first kappa shape index (κ1) is 17.8. The number of amides is 1. The molecule has 0 bridgehead atoms. The van der Waals surface area contributed by atoms with Crippen LogP contribution in [0.15, 0.2) is 40.8 Å². The van der Waals surface area contributed by atoms with Crippen LogP contribution in [0.1, 0.15) is 22.5 Å². The first-order valence-electron chi connectivity index (χ1n) is 7.71. The number of anilines is 1. The van der Waals surface area contributed by atoms with Gasteiger partial charge in [0.15, 0.2) is 5.76 Å². The maximum absolute atomic E-state index is 12.6. The Labute approximate surface area is 145 Å². The smallest absolute Gasteiger partial charge is 0.395 e. The number of nitrogens with one attached hydrogen (secondary N) is 1. The van der Waals surface area contributed by atoms with Crippen LogP contribution in [0.5, 0.6) is 0 Å². The summed E-state index contributed by atoms with van der Waals surface area (Å²) in [6.07, 6.45) is -3.79. The number of hydrogen-bond donors (Lipinski definition) is 1. The molecule has 138 valence electrons. The van der Waals surface area contributed by atoms with Crippen LogP contribution in [0, 0.1) is 10.1 Å². The van der Waals surface area contributed by atoms with Gasteiger partial charge in [0.2, 0.25) is 0 Å². The fourth-order valence-electron chi connectivity index (χ4n) is 2.78. The summed E-state index contributed by atoms with van der Waals surface area (Å²) in [5, 5.41) is 13.3. The summed E-state index contributed by atoms with van der Waals surface area (Å²) in [6, 6.07) is 6.89. The molecule has 2 aromatic rings.